The molecule has 0 radical (unpaired) electrons. The van der Waals surface area contributed by atoms with E-state index in [1.807, 2.05) is 0 Å². The summed E-state index contributed by atoms with van der Waals surface area (Å²) in [5.41, 5.74) is 1.43. The van der Waals surface area contributed by atoms with Crippen LogP contribution in [0.2, 0.25) is 0 Å². The molecule has 0 spiro atoms. The average molecular weight is 274 g/mol. The zero-order valence-corrected chi connectivity index (χ0v) is 13.1. The topological polar surface area (TPSA) is 15.3 Å². The third kappa shape index (κ3) is 4.92. The molecule has 2 nitrogen and oxygen atoms in total. The van der Waals surface area contributed by atoms with Gasteiger partial charge in [-0.05, 0) is 57.3 Å². The van der Waals surface area contributed by atoms with Crippen LogP contribution in [0.25, 0.3) is 0 Å². The first-order valence-electron chi connectivity index (χ1n) is 8.26. The number of hydrogen-bond acceptors (Lipinski definition) is 2. The Hall–Kier alpha value is -0.860. The fraction of sp³-hybridized carbons (Fsp3) is 0.667. The van der Waals surface area contributed by atoms with Crippen molar-refractivity contribution >= 4 is 0 Å². The summed E-state index contributed by atoms with van der Waals surface area (Å²) in [6, 6.07) is 11.4. The summed E-state index contributed by atoms with van der Waals surface area (Å²) < 4.78 is 0. The third-order valence-corrected chi connectivity index (χ3v) is 4.44. The van der Waals surface area contributed by atoms with E-state index < -0.39 is 0 Å². The molecule has 1 saturated carbocycles. The predicted octanol–water partition coefficient (Wildman–Crippen LogP) is 3.85. The van der Waals surface area contributed by atoms with Gasteiger partial charge in [-0.3, -0.25) is 0 Å². The van der Waals surface area contributed by atoms with Gasteiger partial charge in [-0.15, -0.1) is 0 Å². The van der Waals surface area contributed by atoms with Gasteiger partial charge in [0.25, 0.3) is 0 Å². The second-order valence-electron chi connectivity index (χ2n) is 6.27. The van der Waals surface area contributed by atoms with Crippen LogP contribution >= 0.6 is 0 Å². The van der Waals surface area contributed by atoms with Crippen molar-refractivity contribution in [3.63, 3.8) is 0 Å². The van der Waals surface area contributed by atoms with Gasteiger partial charge in [-0.25, -0.2) is 0 Å². The van der Waals surface area contributed by atoms with Gasteiger partial charge in [0.1, 0.15) is 0 Å². The molecule has 1 aromatic carbocycles. The highest BCUT2D eigenvalue weighted by atomic mass is 15.1. The summed E-state index contributed by atoms with van der Waals surface area (Å²) in [7, 11) is 2.28. The molecular weight excluding hydrogens is 244 g/mol. The Morgan fingerprint density at radius 3 is 2.60 bits per heavy atom. The summed E-state index contributed by atoms with van der Waals surface area (Å²) >= 11 is 0. The standard InChI is InChI=1S/C18H30N2/c1-3-13-19-18(17-10-5-4-6-11-17)12-14-20(2)15-16-8-7-9-16/h4-6,10-11,16,18-19H,3,7-9,12-15H2,1-2H3. The Morgan fingerprint density at radius 1 is 1.25 bits per heavy atom. The summed E-state index contributed by atoms with van der Waals surface area (Å²) in [6.07, 6.45) is 6.73. The largest absolute Gasteiger partial charge is 0.310 e. The molecule has 2 rings (SSSR count). The molecule has 1 unspecified atom stereocenters. The molecule has 0 saturated heterocycles. The predicted molar refractivity (Wildman–Crippen MR) is 86.9 cm³/mol. The van der Waals surface area contributed by atoms with Crippen molar-refractivity contribution < 1.29 is 0 Å². The molecule has 0 aliphatic heterocycles. The van der Waals surface area contributed by atoms with Crippen molar-refractivity contribution in [3.05, 3.63) is 35.9 Å². The van der Waals surface area contributed by atoms with E-state index in [9.17, 15) is 0 Å². The molecule has 0 bridgehead atoms. The van der Waals surface area contributed by atoms with E-state index in [2.05, 4.69) is 54.5 Å². The highest BCUT2D eigenvalue weighted by molar-refractivity contribution is 5.18. The highest BCUT2D eigenvalue weighted by Gasteiger charge is 2.19. The molecule has 1 aliphatic rings. The van der Waals surface area contributed by atoms with Gasteiger partial charge in [0.05, 0.1) is 0 Å². The second kappa shape index (κ2) is 8.43. The highest BCUT2D eigenvalue weighted by Crippen LogP contribution is 2.27. The molecule has 2 heteroatoms. The molecule has 112 valence electrons. The molecule has 1 atom stereocenters. The van der Waals surface area contributed by atoms with Crippen LogP contribution in [0.5, 0.6) is 0 Å². The van der Waals surface area contributed by atoms with Crippen molar-refractivity contribution in [1.82, 2.24) is 10.2 Å². The molecule has 1 N–H and O–H groups in total. The molecule has 0 amide bonds. The maximum Gasteiger partial charge on any atom is 0.0332 e. The normalized spacial score (nSPS) is 17.1. The number of nitrogens with zero attached hydrogens (tertiary/aromatic N) is 1. The Morgan fingerprint density at radius 2 is 2.00 bits per heavy atom. The van der Waals surface area contributed by atoms with Crippen molar-refractivity contribution in [2.45, 2.75) is 45.1 Å². The Bertz CT molecular complexity index is 359. The molecule has 20 heavy (non-hydrogen) atoms. The fourth-order valence-electron chi connectivity index (χ4n) is 2.95. The van der Waals surface area contributed by atoms with Crippen LogP contribution in [0.15, 0.2) is 30.3 Å². The number of benzene rings is 1. The van der Waals surface area contributed by atoms with E-state index in [4.69, 9.17) is 0 Å². The monoisotopic (exact) mass is 274 g/mol. The van der Waals surface area contributed by atoms with Crippen molar-refractivity contribution in [2.24, 2.45) is 5.92 Å². The zero-order valence-electron chi connectivity index (χ0n) is 13.1. The van der Waals surface area contributed by atoms with E-state index in [1.54, 1.807) is 0 Å². The van der Waals surface area contributed by atoms with Gasteiger partial charge in [-0.2, -0.15) is 0 Å². The van der Waals surface area contributed by atoms with E-state index in [-0.39, 0.29) is 0 Å². The summed E-state index contributed by atoms with van der Waals surface area (Å²) in [5, 5.41) is 3.70. The molecule has 1 aliphatic carbocycles. The maximum atomic E-state index is 3.70. The SMILES string of the molecule is CCCNC(CCN(C)CC1CCC1)c1ccccc1. The second-order valence-corrected chi connectivity index (χ2v) is 6.27. The molecule has 0 heterocycles. The molecular formula is C18H30N2. The van der Waals surface area contributed by atoms with E-state index >= 15 is 0 Å². The lowest BCUT2D eigenvalue weighted by Crippen LogP contribution is -2.32. The van der Waals surface area contributed by atoms with Gasteiger partial charge in [0, 0.05) is 12.6 Å². The van der Waals surface area contributed by atoms with Crippen molar-refractivity contribution in [1.29, 1.82) is 0 Å². The molecule has 1 aromatic rings. The molecule has 0 aromatic heterocycles. The summed E-state index contributed by atoms with van der Waals surface area (Å²) in [4.78, 5) is 2.52. The minimum atomic E-state index is 0.500. The summed E-state index contributed by atoms with van der Waals surface area (Å²) in [6.45, 7) is 5.81. The van der Waals surface area contributed by atoms with Crippen molar-refractivity contribution in [3.8, 4) is 0 Å². The number of rotatable bonds is 9. The quantitative estimate of drug-likeness (QED) is 0.736. The van der Waals surface area contributed by atoms with Gasteiger partial charge in [-0.1, -0.05) is 43.7 Å². The summed E-state index contributed by atoms with van der Waals surface area (Å²) in [5.74, 6) is 0.971. The van der Waals surface area contributed by atoms with Crippen LogP contribution in [-0.2, 0) is 0 Å². The van der Waals surface area contributed by atoms with Crippen LogP contribution in [-0.4, -0.2) is 31.6 Å². The van der Waals surface area contributed by atoms with Crippen LogP contribution in [0.4, 0.5) is 0 Å². The van der Waals surface area contributed by atoms with Crippen molar-refractivity contribution in [2.75, 3.05) is 26.7 Å². The number of nitrogens with one attached hydrogen (secondary N) is 1. The first kappa shape index (κ1) is 15.5. The minimum absolute atomic E-state index is 0.500. The minimum Gasteiger partial charge on any atom is -0.310 e. The first-order chi connectivity index (χ1) is 9.79. The first-order valence-corrected chi connectivity index (χ1v) is 8.26. The smallest absolute Gasteiger partial charge is 0.0332 e. The van der Waals surface area contributed by atoms with Gasteiger partial charge >= 0.3 is 0 Å². The van der Waals surface area contributed by atoms with E-state index in [1.165, 1.54) is 50.8 Å². The van der Waals surface area contributed by atoms with E-state index in [0.717, 1.165) is 12.5 Å². The van der Waals surface area contributed by atoms with Gasteiger partial charge < -0.3 is 10.2 Å². The van der Waals surface area contributed by atoms with Crippen LogP contribution < -0.4 is 5.32 Å². The Labute approximate surface area is 124 Å². The lowest BCUT2D eigenvalue weighted by molar-refractivity contribution is 0.199. The third-order valence-electron chi connectivity index (χ3n) is 4.44. The maximum absolute atomic E-state index is 3.70. The fourth-order valence-corrected chi connectivity index (χ4v) is 2.95. The Balaban J connectivity index is 1.80. The zero-order chi connectivity index (χ0) is 14.2. The van der Waals surface area contributed by atoms with Crippen LogP contribution in [0.3, 0.4) is 0 Å². The average Bonchev–Trinajstić information content (AvgIpc) is 2.44. The van der Waals surface area contributed by atoms with Crippen LogP contribution in [0, 0.1) is 5.92 Å². The molecule has 1 fully saturated rings. The van der Waals surface area contributed by atoms with E-state index in [0.29, 0.717) is 6.04 Å². The van der Waals surface area contributed by atoms with Gasteiger partial charge in [0.2, 0.25) is 0 Å². The lowest BCUT2D eigenvalue weighted by atomic mass is 9.85. The van der Waals surface area contributed by atoms with Gasteiger partial charge in [0.15, 0.2) is 0 Å². The number of hydrogen-bond donors (Lipinski definition) is 1. The Kier molecular flexibility index (Phi) is 6.55. The van der Waals surface area contributed by atoms with Crippen LogP contribution in [0.1, 0.15) is 50.6 Å². The lowest BCUT2D eigenvalue weighted by Gasteiger charge is -2.31.